The van der Waals surface area contributed by atoms with Crippen molar-refractivity contribution in [3.63, 3.8) is 0 Å². The van der Waals surface area contributed by atoms with Crippen molar-refractivity contribution in [2.24, 2.45) is 0 Å². The molecule has 1 aromatic rings. The number of hydrogen-bond donors (Lipinski definition) is 2. The largest absolute Gasteiger partial charge is 0.481 e. The maximum Gasteiger partial charge on any atom is 0.303 e. The van der Waals surface area contributed by atoms with E-state index in [1.54, 1.807) is 24.3 Å². The second kappa shape index (κ2) is 6.33. The lowest BCUT2D eigenvalue weighted by Gasteiger charge is -2.34. The Morgan fingerprint density at radius 1 is 1.21 bits per heavy atom. The number of nitrogens with zero attached hydrogens (tertiary/aromatic N) is 1. The van der Waals surface area contributed by atoms with Crippen LogP contribution in [-0.4, -0.2) is 48.8 Å². The highest BCUT2D eigenvalue weighted by atomic mass is 16.4. The summed E-state index contributed by atoms with van der Waals surface area (Å²) in [6, 6.07) is 8.91. The van der Waals surface area contributed by atoms with E-state index < -0.39 is 5.97 Å². The Morgan fingerprint density at radius 2 is 1.79 bits per heavy atom. The molecule has 5 nitrogen and oxygen atoms in total. The predicted molar refractivity (Wildman–Crippen MR) is 72.6 cm³/mol. The summed E-state index contributed by atoms with van der Waals surface area (Å²) >= 11 is 0. The number of rotatable bonds is 6. The van der Waals surface area contributed by atoms with Crippen LogP contribution in [0.15, 0.2) is 30.3 Å². The molecule has 1 aromatic carbocycles. The molecule has 0 aromatic heterocycles. The highest BCUT2D eigenvalue weighted by molar-refractivity contribution is 5.94. The predicted octanol–water partition coefficient (Wildman–Crippen LogP) is 1.31. The third kappa shape index (κ3) is 5.09. The first-order chi connectivity index (χ1) is 8.80. The summed E-state index contributed by atoms with van der Waals surface area (Å²) in [7, 11) is 5.79. The SMILES string of the molecule is C[N+](C)(C)[C@H](CCC(=O)O)NC(=O)c1ccccc1. The summed E-state index contributed by atoms with van der Waals surface area (Å²) in [5, 5.41) is 11.7. The molecule has 2 N–H and O–H groups in total. The zero-order valence-electron chi connectivity index (χ0n) is 11.6. The van der Waals surface area contributed by atoms with Gasteiger partial charge in [0.15, 0.2) is 6.17 Å². The van der Waals surface area contributed by atoms with Gasteiger partial charge in [0, 0.05) is 12.0 Å². The van der Waals surface area contributed by atoms with Gasteiger partial charge < -0.3 is 14.9 Å². The Labute approximate surface area is 113 Å². The van der Waals surface area contributed by atoms with Gasteiger partial charge in [0.1, 0.15) is 0 Å². The fourth-order valence-corrected chi connectivity index (χ4v) is 1.74. The molecule has 0 saturated heterocycles. The Kier molecular flexibility index (Phi) is 5.06. The van der Waals surface area contributed by atoms with Crippen LogP contribution in [-0.2, 0) is 4.79 Å². The van der Waals surface area contributed by atoms with Gasteiger partial charge in [0.05, 0.1) is 27.6 Å². The van der Waals surface area contributed by atoms with Crippen molar-refractivity contribution in [1.29, 1.82) is 0 Å². The van der Waals surface area contributed by atoms with E-state index in [0.29, 0.717) is 16.5 Å². The molecule has 0 unspecified atom stereocenters. The minimum atomic E-state index is -0.854. The van der Waals surface area contributed by atoms with Crippen molar-refractivity contribution < 1.29 is 19.2 Å². The smallest absolute Gasteiger partial charge is 0.303 e. The molecule has 1 atom stereocenters. The summed E-state index contributed by atoms with van der Waals surface area (Å²) in [6.07, 6.45) is 0.205. The minimum absolute atomic E-state index is 0.0370. The number of benzene rings is 1. The van der Waals surface area contributed by atoms with Gasteiger partial charge in [0.2, 0.25) is 0 Å². The molecule has 0 aliphatic rings. The molecule has 0 fully saturated rings. The number of carbonyl (C=O) groups is 2. The topological polar surface area (TPSA) is 66.4 Å². The van der Waals surface area contributed by atoms with Crippen LogP contribution in [0.25, 0.3) is 0 Å². The first-order valence-electron chi connectivity index (χ1n) is 6.19. The zero-order valence-corrected chi connectivity index (χ0v) is 11.6. The van der Waals surface area contributed by atoms with E-state index in [9.17, 15) is 9.59 Å². The van der Waals surface area contributed by atoms with Crippen LogP contribution in [0.1, 0.15) is 23.2 Å². The molecule has 0 radical (unpaired) electrons. The van der Waals surface area contributed by atoms with Crippen molar-refractivity contribution in [3.8, 4) is 0 Å². The van der Waals surface area contributed by atoms with E-state index in [1.807, 2.05) is 27.2 Å². The quantitative estimate of drug-likeness (QED) is 0.602. The van der Waals surface area contributed by atoms with E-state index in [2.05, 4.69) is 5.32 Å². The van der Waals surface area contributed by atoms with Gasteiger partial charge in [0.25, 0.3) is 5.91 Å². The number of carboxylic acids is 1. The number of amides is 1. The second-order valence-corrected chi connectivity index (χ2v) is 5.40. The van der Waals surface area contributed by atoms with Gasteiger partial charge in [-0.2, -0.15) is 0 Å². The molecular formula is C14H21N2O3+. The summed E-state index contributed by atoms with van der Waals surface area (Å²) in [5.74, 6) is -1.03. The maximum atomic E-state index is 12.1. The van der Waals surface area contributed by atoms with Crippen LogP contribution in [0.4, 0.5) is 0 Å². The molecule has 0 aliphatic carbocycles. The number of quaternary nitrogens is 1. The van der Waals surface area contributed by atoms with Gasteiger partial charge in [-0.05, 0) is 12.1 Å². The van der Waals surface area contributed by atoms with E-state index in [1.165, 1.54) is 0 Å². The molecule has 1 rings (SSSR count). The molecule has 0 spiro atoms. The molecule has 0 aliphatic heterocycles. The Morgan fingerprint density at radius 3 is 2.26 bits per heavy atom. The van der Waals surface area contributed by atoms with Crippen LogP contribution < -0.4 is 5.32 Å². The minimum Gasteiger partial charge on any atom is -0.481 e. The number of carbonyl (C=O) groups excluding carboxylic acids is 1. The highest BCUT2D eigenvalue weighted by Gasteiger charge is 2.26. The third-order valence-electron chi connectivity index (χ3n) is 2.90. The first kappa shape index (κ1) is 15.2. The molecule has 0 bridgehead atoms. The van der Waals surface area contributed by atoms with E-state index in [0.717, 1.165) is 0 Å². The Hall–Kier alpha value is -1.88. The maximum absolute atomic E-state index is 12.1. The molecule has 104 valence electrons. The van der Waals surface area contributed by atoms with Gasteiger partial charge in [-0.25, -0.2) is 0 Å². The zero-order chi connectivity index (χ0) is 14.5. The Balaban J connectivity index is 2.72. The Bertz CT molecular complexity index is 438. The monoisotopic (exact) mass is 265 g/mol. The van der Waals surface area contributed by atoms with Crippen LogP contribution in [0, 0.1) is 0 Å². The van der Waals surface area contributed by atoms with Crippen molar-refractivity contribution in [2.45, 2.75) is 19.0 Å². The number of hydrogen-bond acceptors (Lipinski definition) is 2. The van der Waals surface area contributed by atoms with Gasteiger partial charge >= 0.3 is 5.97 Å². The van der Waals surface area contributed by atoms with Gasteiger partial charge in [-0.1, -0.05) is 18.2 Å². The summed E-state index contributed by atoms with van der Waals surface area (Å²) in [6.45, 7) is 0. The van der Waals surface area contributed by atoms with Crippen LogP contribution in [0.2, 0.25) is 0 Å². The fourth-order valence-electron chi connectivity index (χ4n) is 1.74. The fraction of sp³-hybridized carbons (Fsp3) is 0.429. The summed E-state index contributed by atoms with van der Waals surface area (Å²) in [4.78, 5) is 22.7. The van der Waals surface area contributed by atoms with Crippen LogP contribution in [0.5, 0.6) is 0 Å². The standard InChI is InChI=1S/C14H20N2O3/c1-16(2,3)12(9-10-13(17)18)15-14(19)11-7-5-4-6-8-11/h4-8,12H,9-10H2,1-3H3,(H-,15,17,18,19)/p+1/t12-/m1/s1. The number of aliphatic carboxylic acids is 1. The molecule has 0 saturated carbocycles. The molecule has 1 amide bonds. The van der Waals surface area contributed by atoms with E-state index in [-0.39, 0.29) is 18.5 Å². The van der Waals surface area contributed by atoms with E-state index >= 15 is 0 Å². The van der Waals surface area contributed by atoms with Crippen molar-refractivity contribution in [2.75, 3.05) is 21.1 Å². The van der Waals surface area contributed by atoms with Crippen LogP contribution in [0.3, 0.4) is 0 Å². The molecular weight excluding hydrogens is 244 g/mol. The van der Waals surface area contributed by atoms with Crippen molar-refractivity contribution in [1.82, 2.24) is 5.32 Å². The second-order valence-electron chi connectivity index (χ2n) is 5.40. The number of carboxylic acid groups (broad SMARTS) is 1. The third-order valence-corrected chi connectivity index (χ3v) is 2.90. The summed E-state index contributed by atoms with van der Waals surface area (Å²) < 4.78 is 0.478. The normalized spacial score (nSPS) is 12.8. The van der Waals surface area contributed by atoms with Gasteiger partial charge in [-0.3, -0.25) is 9.59 Å². The lowest BCUT2D eigenvalue weighted by Crippen LogP contribution is -2.55. The summed E-state index contributed by atoms with van der Waals surface area (Å²) in [5.41, 5.74) is 0.580. The lowest BCUT2D eigenvalue weighted by atomic mass is 10.1. The number of nitrogens with one attached hydrogen (secondary N) is 1. The van der Waals surface area contributed by atoms with Crippen molar-refractivity contribution in [3.05, 3.63) is 35.9 Å². The highest BCUT2D eigenvalue weighted by Crippen LogP contribution is 2.09. The molecule has 19 heavy (non-hydrogen) atoms. The van der Waals surface area contributed by atoms with Crippen molar-refractivity contribution >= 4 is 11.9 Å². The average Bonchev–Trinajstić information content (AvgIpc) is 2.33. The van der Waals surface area contributed by atoms with E-state index in [4.69, 9.17) is 5.11 Å². The molecule has 0 heterocycles. The molecule has 5 heteroatoms. The van der Waals surface area contributed by atoms with Gasteiger partial charge in [-0.15, -0.1) is 0 Å². The van der Waals surface area contributed by atoms with Crippen LogP contribution >= 0.6 is 0 Å². The average molecular weight is 265 g/mol. The first-order valence-corrected chi connectivity index (χ1v) is 6.19. The lowest BCUT2D eigenvalue weighted by molar-refractivity contribution is -0.898.